The van der Waals surface area contributed by atoms with Crippen LogP contribution in [0.4, 0.5) is 0 Å². The van der Waals surface area contributed by atoms with Crippen LogP contribution in [0.3, 0.4) is 0 Å². The summed E-state index contributed by atoms with van der Waals surface area (Å²) in [6, 6.07) is 18.3. The van der Waals surface area contributed by atoms with Crippen LogP contribution in [0.15, 0.2) is 59.4 Å². The van der Waals surface area contributed by atoms with Crippen molar-refractivity contribution in [3.05, 3.63) is 76.3 Å². The fourth-order valence-electron chi connectivity index (χ4n) is 3.12. The molecule has 2 aromatic carbocycles. The van der Waals surface area contributed by atoms with Crippen LogP contribution < -0.4 is 10.9 Å². The van der Waals surface area contributed by atoms with Gasteiger partial charge in [-0.05, 0) is 19.1 Å². The van der Waals surface area contributed by atoms with E-state index in [-0.39, 0.29) is 11.6 Å². The van der Waals surface area contributed by atoms with Gasteiger partial charge in [-0.25, -0.2) is 4.98 Å². The number of benzene rings is 2. The lowest BCUT2D eigenvalue weighted by Crippen LogP contribution is -2.87. The number of rotatable bonds is 5. The molecular weight excluding hydrogens is 298 g/mol. The van der Waals surface area contributed by atoms with Gasteiger partial charge >= 0.3 is 0 Å². The van der Waals surface area contributed by atoms with Crippen molar-refractivity contribution in [2.75, 3.05) is 0 Å². The SMILES string of the molecule is CC(C)[C@H]([NH2+][C@@H](C)c1nc2ccccc2c(=O)[nH]1)c1ccccc1. The van der Waals surface area contributed by atoms with Crippen LogP contribution in [0.2, 0.25) is 0 Å². The molecule has 1 heterocycles. The quantitative estimate of drug-likeness (QED) is 0.758. The second kappa shape index (κ2) is 6.97. The van der Waals surface area contributed by atoms with Gasteiger partial charge in [0, 0.05) is 11.5 Å². The maximum absolute atomic E-state index is 12.3. The molecule has 2 atom stereocenters. The van der Waals surface area contributed by atoms with Crippen molar-refractivity contribution in [1.82, 2.24) is 9.97 Å². The van der Waals surface area contributed by atoms with E-state index in [1.165, 1.54) is 5.56 Å². The molecule has 0 saturated heterocycles. The molecule has 0 bridgehead atoms. The summed E-state index contributed by atoms with van der Waals surface area (Å²) in [7, 11) is 0. The minimum absolute atomic E-state index is 0.0647. The molecule has 0 unspecified atom stereocenters. The van der Waals surface area contributed by atoms with E-state index in [1.54, 1.807) is 6.07 Å². The fourth-order valence-corrected chi connectivity index (χ4v) is 3.12. The van der Waals surface area contributed by atoms with Gasteiger partial charge in [-0.15, -0.1) is 0 Å². The summed E-state index contributed by atoms with van der Waals surface area (Å²) in [4.78, 5) is 19.9. The summed E-state index contributed by atoms with van der Waals surface area (Å²) < 4.78 is 0. The van der Waals surface area contributed by atoms with Crippen LogP contribution in [0.25, 0.3) is 10.9 Å². The number of nitrogens with zero attached hydrogens (tertiary/aromatic N) is 1. The zero-order valence-electron chi connectivity index (χ0n) is 14.4. The number of quaternary nitrogens is 1. The first kappa shape index (κ1) is 16.4. The molecule has 3 rings (SSSR count). The monoisotopic (exact) mass is 322 g/mol. The highest BCUT2D eigenvalue weighted by molar-refractivity contribution is 5.77. The zero-order chi connectivity index (χ0) is 17.1. The molecule has 0 aliphatic rings. The Bertz CT molecular complexity index is 871. The highest BCUT2D eigenvalue weighted by atomic mass is 16.1. The van der Waals surface area contributed by atoms with E-state index in [9.17, 15) is 4.79 Å². The van der Waals surface area contributed by atoms with Gasteiger partial charge in [-0.1, -0.05) is 56.3 Å². The van der Waals surface area contributed by atoms with Gasteiger partial charge < -0.3 is 10.3 Å². The largest absolute Gasteiger partial charge is 0.331 e. The van der Waals surface area contributed by atoms with E-state index in [2.05, 4.69) is 60.3 Å². The Balaban J connectivity index is 1.91. The minimum atomic E-state index is -0.0725. The maximum Gasteiger partial charge on any atom is 0.258 e. The van der Waals surface area contributed by atoms with E-state index in [4.69, 9.17) is 0 Å². The van der Waals surface area contributed by atoms with Crippen LogP contribution >= 0.6 is 0 Å². The highest BCUT2D eigenvalue weighted by Crippen LogP contribution is 2.19. The van der Waals surface area contributed by atoms with Crippen LogP contribution in [-0.4, -0.2) is 9.97 Å². The molecule has 0 aliphatic heterocycles. The molecule has 3 N–H and O–H groups in total. The second-order valence-corrected chi connectivity index (χ2v) is 6.63. The maximum atomic E-state index is 12.3. The van der Waals surface area contributed by atoms with Gasteiger partial charge in [-0.2, -0.15) is 0 Å². The summed E-state index contributed by atoms with van der Waals surface area (Å²) >= 11 is 0. The summed E-state index contributed by atoms with van der Waals surface area (Å²) in [5, 5.41) is 2.92. The third-order valence-electron chi connectivity index (χ3n) is 4.46. The lowest BCUT2D eigenvalue weighted by Gasteiger charge is -2.23. The van der Waals surface area contributed by atoms with Crippen molar-refractivity contribution < 1.29 is 5.32 Å². The normalized spacial score (nSPS) is 14.0. The van der Waals surface area contributed by atoms with Crippen molar-refractivity contribution in [2.45, 2.75) is 32.9 Å². The number of nitrogens with two attached hydrogens (primary N) is 1. The molecule has 1 aromatic heterocycles. The van der Waals surface area contributed by atoms with Crippen LogP contribution in [0.1, 0.15) is 44.2 Å². The average Bonchev–Trinajstić information content (AvgIpc) is 2.60. The number of aromatic amines is 1. The zero-order valence-corrected chi connectivity index (χ0v) is 14.4. The molecule has 4 heteroatoms. The van der Waals surface area contributed by atoms with Crippen LogP contribution in [-0.2, 0) is 0 Å². The van der Waals surface area contributed by atoms with Gasteiger partial charge in [0.2, 0.25) is 0 Å². The van der Waals surface area contributed by atoms with E-state index in [0.29, 0.717) is 17.3 Å². The third kappa shape index (κ3) is 3.39. The van der Waals surface area contributed by atoms with Crippen molar-refractivity contribution in [1.29, 1.82) is 0 Å². The number of para-hydroxylation sites is 1. The van der Waals surface area contributed by atoms with E-state index >= 15 is 0 Å². The number of hydrogen-bond donors (Lipinski definition) is 2. The second-order valence-electron chi connectivity index (χ2n) is 6.63. The molecule has 124 valence electrons. The lowest BCUT2D eigenvalue weighted by atomic mass is 9.95. The Hall–Kier alpha value is -2.46. The van der Waals surface area contributed by atoms with Gasteiger partial charge in [0.15, 0.2) is 5.82 Å². The predicted molar refractivity (Wildman–Crippen MR) is 96.7 cm³/mol. The van der Waals surface area contributed by atoms with Crippen molar-refractivity contribution in [2.24, 2.45) is 5.92 Å². The smallest absolute Gasteiger partial charge is 0.258 e. The average molecular weight is 322 g/mol. The van der Waals surface area contributed by atoms with Crippen molar-refractivity contribution in [3.8, 4) is 0 Å². The van der Waals surface area contributed by atoms with Gasteiger partial charge in [0.25, 0.3) is 5.56 Å². The number of hydrogen-bond acceptors (Lipinski definition) is 2. The first-order valence-corrected chi connectivity index (χ1v) is 8.45. The number of nitrogens with one attached hydrogen (secondary N) is 1. The first-order valence-electron chi connectivity index (χ1n) is 8.45. The Morgan fingerprint density at radius 1 is 0.958 bits per heavy atom. The Morgan fingerprint density at radius 2 is 1.62 bits per heavy atom. The number of aromatic nitrogens is 2. The topological polar surface area (TPSA) is 62.4 Å². The molecule has 0 spiro atoms. The molecule has 4 nitrogen and oxygen atoms in total. The molecule has 0 amide bonds. The van der Waals surface area contributed by atoms with Gasteiger partial charge in [-0.3, -0.25) is 4.79 Å². The van der Waals surface area contributed by atoms with Gasteiger partial charge in [0.1, 0.15) is 12.1 Å². The Labute approximate surface area is 142 Å². The molecule has 3 aromatic rings. The predicted octanol–water partition coefficient (Wildman–Crippen LogP) is 2.94. The Kier molecular flexibility index (Phi) is 4.76. The van der Waals surface area contributed by atoms with E-state index in [0.717, 1.165) is 11.3 Å². The summed E-state index contributed by atoms with van der Waals surface area (Å²) in [5.74, 6) is 1.20. The fraction of sp³-hybridized carbons (Fsp3) is 0.300. The summed E-state index contributed by atoms with van der Waals surface area (Å²) in [5.41, 5.74) is 1.97. The van der Waals surface area contributed by atoms with Crippen molar-refractivity contribution in [3.63, 3.8) is 0 Å². The lowest BCUT2D eigenvalue weighted by molar-refractivity contribution is -0.738. The summed E-state index contributed by atoms with van der Waals surface area (Å²) in [6.45, 7) is 6.53. The molecule has 0 aliphatic carbocycles. The van der Waals surface area contributed by atoms with E-state index in [1.807, 2.05) is 24.3 Å². The molecule has 0 saturated carbocycles. The van der Waals surface area contributed by atoms with Crippen LogP contribution in [0.5, 0.6) is 0 Å². The third-order valence-corrected chi connectivity index (χ3v) is 4.46. The standard InChI is InChI=1S/C20H23N3O/c1-13(2)18(15-9-5-4-6-10-15)21-14(3)19-22-17-12-8-7-11-16(17)20(24)23-19/h4-14,18,21H,1-3H3,(H,22,23,24)/p+1/t14-,18-/m0/s1. The minimum Gasteiger partial charge on any atom is -0.331 e. The highest BCUT2D eigenvalue weighted by Gasteiger charge is 2.24. The van der Waals surface area contributed by atoms with Crippen molar-refractivity contribution >= 4 is 10.9 Å². The molecule has 0 fully saturated rings. The molecule has 0 radical (unpaired) electrons. The Morgan fingerprint density at radius 3 is 2.33 bits per heavy atom. The van der Waals surface area contributed by atoms with Gasteiger partial charge in [0.05, 0.1) is 10.9 Å². The molecular formula is C20H24N3O+. The number of H-pyrrole nitrogens is 1. The van der Waals surface area contributed by atoms with E-state index < -0.39 is 0 Å². The number of fused-ring (bicyclic) bond motifs is 1. The first-order chi connectivity index (χ1) is 11.6. The summed E-state index contributed by atoms with van der Waals surface area (Å²) in [6.07, 6.45) is 0. The van der Waals surface area contributed by atoms with Crippen LogP contribution in [0, 0.1) is 5.92 Å². The molecule has 24 heavy (non-hydrogen) atoms.